The molecule has 0 bridgehead atoms. The van der Waals surface area contributed by atoms with E-state index < -0.39 is 0 Å². The second-order valence-corrected chi connectivity index (χ2v) is 7.43. The quantitative estimate of drug-likeness (QED) is 0.524. The van der Waals surface area contributed by atoms with Crippen LogP contribution in [0, 0.1) is 0 Å². The Hall–Kier alpha value is -2.54. The zero-order chi connectivity index (χ0) is 20.5. The van der Waals surface area contributed by atoms with Crippen LogP contribution in [0.1, 0.15) is 11.1 Å². The van der Waals surface area contributed by atoms with Crippen molar-refractivity contribution in [3.63, 3.8) is 0 Å². The van der Waals surface area contributed by atoms with E-state index in [-0.39, 0.29) is 12.5 Å². The number of aliphatic imine (C=N–C) groups is 1. The lowest BCUT2D eigenvalue weighted by atomic mass is 10.2. The van der Waals surface area contributed by atoms with Gasteiger partial charge in [0.1, 0.15) is 5.75 Å². The highest BCUT2D eigenvalue weighted by molar-refractivity contribution is 9.10. The van der Waals surface area contributed by atoms with Crippen molar-refractivity contribution in [3.05, 3.63) is 64.1 Å². The summed E-state index contributed by atoms with van der Waals surface area (Å²) in [4.78, 5) is 19.6. The largest absolute Gasteiger partial charge is 0.484 e. The number of nitrogens with zero attached hydrogens (tertiary/aromatic N) is 3. The van der Waals surface area contributed by atoms with E-state index in [9.17, 15) is 4.79 Å². The lowest BCUT2D eigenvalue weighted by Crippen LogP contribution is -2.38. The molecule has 6 nitrogen and oxygen atoms in total. The smallest absolute Gasteiger partial charge is 0.259 e. The molecule has 1 N–H and O–H groups in total. The Morgan fingerprint density at radius 3 is 2.57 bits per heavy atom. The SMILES string of the molecule is CN=C(NCc1cccc(OCC(=O)N(C)C)c1)N(C)Cc1ccccc1Br. The van der Waals surface area contributed by atoms with Crippen LogP contribution in [-0.2, 0) is 17.9 Å². The van der Waals surface area contributed by atoms with E-state index in [1.54, 1.807) is 21.1 Å². The monoisotopic (exact) mass is 446 g/mol. The standard InChI is InChI=1S/C21H27BrN4O2/c1-23-21(26(4)14-17-9-5-6-11-19(17)22)24-13-16-8-7-10-18(12-16)28-15-20(27)25(2)3/h5-12H,13-15H2,1-4H3,(H,23,24). The molecule has 0 spiro atoms. The summed E-state index contributed by atoms with van der Waals surface area (Å²) < 4.78 is 6.66. The average Bonchev–Trinajstić information content (AvgIpc) is 2.68. The van der Waals surface area contributed by atoms with Gasteiger partial charge in [0.25, 0.3) is 5.91 Å². The summed E-state index contributed by atoms with van der Waals surface area (Å²) in [6, 6.07) is 15.8. The molecular weight excluding hydrogens is 420 g/mol. The molecule has 0 fully saturated rings. The Labute approximate surface area is 175 Å². The molecule has 2 aromatic rings. The number of hydrogen-bond acceptors (Lipinski definition) is 3. The summed E-state index contributed by atoms with van der Waals surface area (Å²) >= 11 is 3.59. The van der Waals surface area contributed by atoms with Gasteiger partial charge in [-0.15, -0.1) is 0 Å². The maximum absolute atomic E-state index is 11.7. The Kier molecular flexibility index (Phi) is 8.32. The van der Waals surface area contributed by atoms with Crippen molar-refractivity contribution in [3.8, 4) is 5.75 Å². The van der Waals surface area contributed by atoms with Crippen molar-refractivity contribution in [2.75, 3.05) is 34.8 Å². The van der Waals surface area contributed by atoms with Gasteiger partial charge >= 0.3 is 0 Å². The number of amides is 1. The molecule has 0 aliphatic carbocycles. The van der Waals surface area contributed by atoms with Gasteiger partial charge in [-0.25, -0.2) is 0 Å². The van der Waals surface area contributed by atoms with Gasteiger partial charge in [-0.1, -0.05) is 46.3 Å². The zero-order valence-electron chi connectivity index (χ0n) is 16.8. The molecule has 0 unspecified atom stereocenters. The number of rotatable bonds is 7. The van der Waals surface area contributed by atoms with Gasteiger partial charge in [0.05, 0.1) is 0 Å². The highest BCUT2D eigenvalue weighted by Crippen LogP contribution is 2.17. The molecule has 0 radical (unpaired) electrons. The number of hydrogen-bond donors (Lipinski definition) is 1. The fourth-order valence-corrected chi connectivity index (χ4v) is 2.95. The van der Waals surface area contributed by atoms with Crippen LogP contribution in [0.3, 0.4) is 0 Å². The van der Waals surface area contributed by atoms with Gasteiger partial charge in [0, 0.05) is 45.8 Å². The minimum atomic E-state index is -0.0716. The van der Waals surface area contributed by atoms with Crippen molar-refractivity contribution < 1.29 is 9.53 Å². The van der Waals surface area contributed by atoms with Crippen molar-refractivity contribution in [2.45, 2.75) is 13.1 Å². The normalized spacial score (nSPS) is 11.1. The van der Waals surface area contributed by atoms with Crippen LogP contribution in [0.4, 0.5) is 0 Å². The lowest BCUT2D eigenvalue weighted by molar-refractivity contribution is -0.130. The summed E-state index contributed by atoms with van der Waals surface area (Å²) in [6.07, 6.45) is 0. The Morgan fingerprint density at radius 1 is 1.14 bits per heavy atom. The van der Waals surface area contributed by atoms with Crippen LogP contribution in [0.15, 0.2) is 58.0 Å². The molecule has 7 heteroatoms. The molecule has 28 heavy (non-hydrogen) atoms. The first-order chi connectivity index (χ1) is 13.4. The van der Waals surface area contributed by atoms with Crippen LogP contribution in [0.25, 0.3) is 0 Å². The fraction of sp³-hybridized carbons (Fsp3) is 0.333. The topological polar surface area (TPSA) is 57.2 Å². The van der Waals surface area contributed by atoms with Crippen LogP contribution in [-0.4, -0.2) is 56.5 Å². The molecule has 150 valence electrons. The van der Waals surface area contributed by atoms with Gasteiger partial charge in [-0.05, 0) is 29.3 Å². The minimum Gasteiger partial charge on any atom is -0.484 e. The van der Waals surface area contributed by atoms with Crippen LogP contribution in [0.5, 0.6) is 5.75 Å². The summed E-state index contributed by atoms with van der Waals surface area (Å²) in [5.41, 5.74) is 2.24. The van der Waals surface area contributed by atoms with E-state index in [1.165, 1.54) is 10.5 Å². The third kappa shape index (κ3) is 6.56. The van der Waals surface area contributed by atoms with E-state index in [2.05, 4.69) is 37.2 Å². The van der Waals surface area contributed by atoms with E-state index >= 15 is 0 Å². The highest BCUT2D eigenvalue weighted by Gasteiger charge is 2.09. The highest BCUT2D eigenvalue weighted by atomic mass is 79.9. The van der Waals surface area contributed by atoms with Gasteiger partial charge in [-0.2, -0.15) is 0 Å². The third-order valence-corrected chi connectivity index (χ3v) is 4.92. The molecule has 2 rings (SSSR count). The summed E-state index contributed by atoms with van der Waals surface area (Å²) in [5, 5.41) is 3.37. The molecule has 0 aromatic heterocycles. The molecule has 2 aromatic carbocycles. The van der Waals surface area contributed by atoms with Crippen LogP contribution < -0.4 is 10.1 Å². The first kappa shape index (κ1) is 21.8. The first-order valence-corrected chi connectivity index (χ1v) is 9.77. The first-order valence-electron chi connectivity index (χ1n) is 8.97. The maximum atomic E-state index is 11.7. The third-order valence-electron chi connectivity index (χ3n) is 4.15. The van der Waals surface area contributed by atoms with E-state index in [0.717, 1.165) is 22.5 Å². The Bertz CT molecular complexity index is 824. The van der Waals surface area contributed by atoms with E-state index in [4.69, 9.17) is 4.74 Å². The van der Waals surface area contributed by atoms with E-state index in [0.29, 0.717) is 12.3 Å². The number of carbonyl (C=O) groups is 1. The van der Waals surface area contributed by atoms with Crippen molar-refractivity contribution in [1.29, 1.82) is 0 Å². The van der Waals surface area contributed by atoms with Gasteiger partial charge in [0.2, 0.25) is 0 Å². The van der Waals surface area contributed by atoms with Crippen molar-refractivity contribution in [1.82, 2.24) is 15.1 Å². The number of benzene rings is 2. The molecule has 0 atom stereocenters. The molecule has 0 heterocycles. The number of carbonyl (C=O) groups excluding carboxylic acids is 1. The van der Waals surface area contributed by atoms with Crippen molar-refractivity contribution in [2.24, 2.45) is 4.99 Å². The lowest BCUT2D eigenvalue weighted by Gasteiger charge is -2.23. The predicted molar refractivity (Wildman–Crippen MR) is 116 cm³/mol. The number of nitrogens with one attached hydrogen (secondary N) is 1. The average molecular weight is 447 g/mol. The van der Waals surface area contributed by atoms with Crippen molar-refractivity contribution >= 4 is 27.8 Å². The predicted octanol–water partition coefficient (Wildman–Crippen LogP) is 3.12. The molecule has 0 aliphatic rings. The molecule has 0 saturated carbocycles. The second kappa shape index (κ2) is 10.7. The minimum absolute atomic E-state index is 0.0280. The van der Waals surface area contributed by atoms with Gasteiger partial charge in [0.15, 0.2) is 12.6 Å². The number of guanidine groups is 1. The molecule has 0 aliphatic heterocycles. The Morgan fingerprint density at radius 2 is 1.89 bits per heavy atom. The Balaban J connectivity index is 1.93. The number of halogens is 1. The number of ether oxygens (including phenoxy) is 1. The summed E-state index contributed by atoms with van der Waals surface area (Å²) in [5.74, 6) is 1.40. The van der Waals surface area contributed by atoms with Gasteiger partial charge < -0.3 is 19.9 Å². The second-order valence-electron chi connectivity index (χ2n) is 6.57. The van der Waals surface area contributed by atoms with E-state index in [1.807, 2.05) is 49.5 Å². The fourth-order valence-electron chi connectivity index (χ4n) is 2.54. The van der Waals surface area contributed by atoms with Crippen LogP contribution >= 0.6 is 15.9 Å². The molecule has 0 saturated heterocycles. The summed E-state index contributed by atoms with van der Waals surface area (Å²) in [7, 11) is 7.19. The zero-order valence-corrected chi connectivity index (χ0v) is 18.4. The molecule has 1 amide bonds. The summed E-state index contributed by atoms with van der Waals surface area (Å²) in [6.45, 7) is 1.36. The van der Waals surface area contributed by atoms with Crippen LogP contribution in [0.2, 0.25) is 0 Å². The van der Waals surface area contributed by atoms with Gasteiger partial charge in [-0.3, -0.25) is 9.79 Å². The molecular formula is C21H27BrN4O2. The number of likely N-dealkylation sites (N-methyl/N-ethyl adjacent to an activating group) is 1. The maximum Gasteiger partial charge on any atom is 0.259 e.